The van der Waals surface area contributed by atoms with Gasteiger partial charge in [-0.05, 0) is 12.8 Å². The van der Waals surface area contributed by atoms with Gasteiger partial charge >= 0.3 is 5.97 Å². The first-order valence-electron chi connectivity index (χ1n) is 4.47. The molecule has 0 saturated carbocycles. The highest BCUT2D eigenvalue weighted by molar-refractivity contribution is 7.88. The van der Waals surface area contributed by atoms with Crippen molar-refractivity contribution < 1.29 is 17.9 Å². The van der Waals surface area contributed by atoms with Crippen LogP contribution < -0.4 is 4.72 Å². The molecule has 0 saturated heterocycles. The molecule has 0 aliphatic heterocycles. The summed E-state index contributed by atoms with van der Waals surface area (Å²) < 4.78 is 28.1. The first kappa shape index (κ1) is 13.4. The summed E-state index contributed by atoms with van der Waals surface area (Å²) in [6, 6.07) is 0. The van der Waals surface area contributed by atoms with Gasteiger partial charge in [-0.25, -0.2) is 13.1 Å². The molecule has 84 valence electrons. The third kappa shape index (κ3) is 9.47. The van der Waals surface area contributed by atoms with E-state index in [2.05, 4.69) is 9.46 Å². The fraction of sp³-hybridized carbons (Fsp3) is 0.875. The highest BCUT2D eigenvalue weighted by Gasteiger charge is 2.01. The first-order valence-corrected chi connectivity index (χ1v) is 6.36. The maximum absolute atomic E-state index is 10.7. The summed E-state index contributed by atoms with van der Waals surface area (Å²) in [5, 5.41) is 0. The van der Waals surface area contributed by atoms with E-state index in [4.69, 9.17) is 0 Å². The Labute approximate surface area is 84.9 Å². The van der Waals surface area contributed by atoms with Gasteiger partial charge in [0.2, 0.25) is 10.0 Å². The van der Waals surface area contributed by atoms with Gasteiger partial charge in [-0.15, -0.1) is 0 Å². The van der Waals surface area contributed by atoms with E-state index in [1.165, 1.54) is 7.11 Å². The fourth-order valence-corrected chi connectivity index (χ4v) is 1.45. The van der Waals surface area contributed by atoms with Crippen molar-refractivity contribution in [2.75, 3.05) is 19.9 Å². The summed E-state index contributed by atoms with van der Waals surface area (Å²) in [6.45, 7) is 0.431. The molecule has 14 heavy (non-hydrogen) atoms. The Balaban J connectivity index is 3.27. The van der Waals surface area contributed by atoms with Gasteiger partial charge in [0.1, 0.15) is 0 Å². The van der Waals surface area contributed by atoms with E-state index in [-0.39, 0.29) is 5.97 Å². The Hall–Kier alpha value is -0.620. The Morgan fingerprint density at radius 1 is 1.29 bits per heavy atom. The van der Waals surface area contributed by atoms with Crippen LogP contribution in [0.15, 0.2) is 0 Å². The van der Waals surface area contributed by atoms with Crippen LogP contribution >= 0.6 is 0 Å². The summed E-state index contributed by atoms with van der Waals surface area (Å²) in [4.78, 5) is 10.7. The average molecular weight is 223 g/mol. The Kier molecular flexibility index (Phi) is 6.48. The largest absolute Gasteiger partial charge is 0.469 e. The van der Waals surface area contributed by atoms with Crippen LogP contribution in [-0.4, -0.2) is 34.3 Å². The van der Waals surface area contributed by atoms with Gasteiger partial charge < -0.3 is 4.74 Å². The highest BCUT2D eigenvalue weighted by atomic mass is 32.2. The number of rotatable bonds is 7. The third-order valence-corrected chi connectivity index (χ3v) is 2.38. The number of carbonyl (C=O) groups is 1. The van der Waals surface area contributed by atoms with Crippen LogP contribution in [0.2, 0.25) is 0 Å². The molecule has 1 N–H and O–H groups in total. The van der Waals surface area contributed by atoms with E-state index < -0.39 is 10.0 Å². The number of methoxy groups -OCH3 is 1. The molecule has 0 bridgehead atoms. The van der Waals surface area contributed by atoms with Crippen molar-refractivity contribution in [3.63, 3.8) is 0 Å². The normalized spacial score (nSPS) is 11.3. The smallest absolute Gasteiger partial charge is 0.305 e. The summed E-state index contributed by atoms with van der Waals surface area (Å²) in [5.74, 6) is -0.221. The van der Waals surface area contributed by atoms with Crippen molar-refractivity contribution in [1.82, 2.24) is 4.72 Å². The van der Waals surface area contributed by atoms with Crippen LogP contribution in [0.5, 0.6) is 0 Å². The summed E-state index contributed by atoms with van der Waals surface area (Å²) >= 11 is 0. The van der Waals surface area contributed by atoms with Gasteiger partial charge in [0, 0.05) is 13.0 Å². The topological polar surface area (TPSA) is 72.5 Å². The summed E-state index contributed by atoms with van der Waals surface area (Å²) in [7, 11) is -1.72. The number of hydrogen-bond donors (Lipinski definition) is 1. The Morgan fingerprint density at radius 3 is 2.43 bits per heavy atom. The zero-order valence-corrected chi connectivity index (χ0v) is 9.39. The van der Waals surface area contributed by atoms with Crippen LogP contribution in [0.3, 0.4) is 0 Å². The maximum atomic E-state index is 10.7. The SMILES string of the molecule is COC(=O)CCCCCNS(C)(=O)=O. The average Bonchev–Trinajstić information content (AvgIpc) is 2.08. The second-order valence-corrected chi connectivity index (χ2v) is 4.89. The molecule has 0 atom stereocenters. The van der Waals surface area contributed by atoms with E-state index in [1.807, 2.05) is 0 Å². The zero-order valence-electron chi connectivity index (χ0n) is 8.58. The lowest BCUT2D eigenvalue weighted by Crippen LogP contribution is -2.22. The number of carbonyl (C=O) groups excluding carboxylic acids is 1. The Bertz CT molecular complexity index is 261. The van der Waals surface area contributed by atoms with Crippen LogP contribution in [0.25, 0.3) is 0 Å². The number of ether oxygens (including phenoxy) is 1. The van der Waals surface area contributed by atoms with Crippen molar-refractivity contribution in [2.24, 2.45) is 0 Å². The molecule has 0 amide bonds. The molecule has 0 aromatic heterocycles. The molecule has 0 aliphatic rings. The molecule has 0 aromatic carbocycles. The standard InChI is InChI=1S/C8H17NO4S/c1-13-8(10)6-4-3-5-7-9-14(2,11)12/h9H,3-7H2,1-2H3. The lowest BCUT2D eigenvalue weighted by molar-refractivity contribution is -0.140. The molecular weight excluding hydrogens is 206 g/mol. The monoisotopic (exact) mass is 223 g/mol. The number of esters is 1. The van der Waals surface area contributed by atoms with Crippen molar-refractivity contribution >= 4 is 16.0 Å². The van der Waals surface area contributed by atoms with Gasteiger partial charge in [0.05, 0.1) is 13.4 Å². The summed E-state index contributed by atoms with van der Waals surface area (Å²) in [6.07, 6.45) is 3.82. The van der Waals surface area contributed by atoms with E-state index in [0.29, 0.717) is 13.0 Å². The molecular formula is C8H17NO4S. The molecule has 0 aromatic rings. The highest BCUT2D eigenvalue weighted by Crippen LogP contribution is 2.00. The van der Waals surface area contributed by atoms with E-state index in [9.17, 15) is 13.2 Å². The second kappa shape index (κ2) is 6.78. The van der Waals surface area contributed by atoms with Crippen molar-refractivity contribution in [3.8, 4) is 0 Å². The molecule has 0 aliphatic carbocycles. The molecule has 0 radical (unpaired) electrons. The zero-order chi connectivity index (χ0) is 11.0. The molecule has 0 heterocycles. The van der Waals surface area contributed by atoms with E-state index in [0.717, 1.165) is 25.5 Å². The first-order chi connectivity index (χ1) is 6.45. The van der Waals surface area contributed by atoms with Crippen LogP contribution in [0.1, 0.15) is 25.7 Å². The van der Waals surface area contributed by atoms with Crippen molar-refractivity contribution in [2.45, 2.75) is 25.7 Å². The molecule has 0 unspecified atom stereocenters. The van der Waals surface area contributed by atoms with Gasteiger partial charge in [0.15, 0.2) is 0 Å². The molecule has 5 nitrogen and oxygen atoms in total. The summed E-state index contributed by atoms with van der Waals surface area (Å²) in [5.41, 5.74) is 0. The Morgan fingerprint density at radius 2 is 1.93 bits per heavy atom. The number of unbranched alkanes of at least 4 members (excludes halogenated alkanes) is 2. The van der Waals surface area contributed by atoms with Gasteiger partial charge in [-0.3, -0.25) is 4.79 Å². The predicted octanol–water partition coefficient (Wildman–Crippen LogP) is 0.269. The lowest BCUT2D eigenvalue weighted by Gasteiger charge is -2.01. The molecule has 0 fully saturated rings. The van der Waals surface area contributed by atoms with E-state index in [1.54, 1.807) is 0 Å². The van der Waals surface area contributed by atoms with Crippen molar-refractivity contribution in [3.05, 3.63) is 0 Å². The predicted molar refractivity (Wildman–Crippen MR) is 53.3 cm³/mol. The quantitative estimate of drug-likeness (QED) is 0.496. The minimum absolute atomic E-state index is 0.221. The van der Waals surface area contributed by atoms with Crippen molar-refractivity contribution in [1.29, 1.82) is 0 Å². The fourth-order valence-electron chi connectivity index (χ4n) is 0.931. The molecule has 6 heteroatoms. The second-order valence-electron chi connectivity index (χ2n) is 3.05. The van der Waals surface area contributed by atoms with Gasteiger partial charge in [-0.2, -0.15) is 0 Å². The lowest BCUT2D eigenvalue weighted by atomic mass is 10.2. The van der Waals surface area contributed by atoms with Crippen LogP contribution in [-0.2, 0) is 19.6 Å². The number of sulfonamides is 1. The minimum Gasteiger partial charge on any atom is -0.469 e. The van der Waals surface area contributed by atoms with E-state index >= 15 is 0 Å². The molecule has 0 spiro atoms. The maximum Gasteiger partial charge on any atom is 0.305 e. The van der Waals surface area contributed by atoms with Gasteiger partial charge in [0.25, 0.3) is 0 Å². The van der Waals surface area contributed by atoms with Gasteiger partial charge in [-0.1, -0.05) is 6.42 Å². The van der Waals surface area contributed by atoms with Crippen LogP contribution in [0.4, 0.5) is 0 Å². The molecule has 0 rings (SSSR count). The number of hydrogen-bond acceptors (Lipinski definition) is 4. The minimum atomic E-state index is -3.07. The van der Waals surface area contributed by atoms with Crippen LogP contribution in [0, 0.1) is 0 Å². The third-order valence-electron chi connectivity index (χ3n) is 1.65. The number of nitrogens with one attached hydrogen (secondary N) is 1.